The molecule has 2 aliphatic rings. The first-order valence-corrected chi connectivity index (χ1v) is 2.85. The van der Waals surface area contributed by atoms with E-state index in [9.17, 15) is 4.79 Å². The maximum atomic E-state index is 10.3. The van der Waals surface area contributed by atoms with Gasteiger partial charge >= 0.3 is 0 Å². The van der Waals surface area contributed by atoms with E-state index in [2.05, 4.69) is 0 Å². The molecule has 2 fully saturated rings. The van der Waals surface area contributed by atoms with Crippen LogP contribution in [0.3, 0.4) is 0 Å². The van der Waals surface area contributed by atoms with Crippen molar-refractivity contribution in [2.75, 3.05) is 6.61 Å². The second kappa shape index (κ2) is 1.46. The Morgan fingerprint density at radius 1 is 1.67 bits per heavy atom. The van der Waals surface area contributed by atoms with Crippen LogP contribution in [0.15, 0.2) is 0 Å². The third-order valence-electron chi connectivity index (χ3n) is 1.53. The normalized spacial score (nSPS) is 46.4. The van der Waals surface area contributed by atoms with E-state index >= 15 is 0 Å². The molecule has 3 unspecified atom stereocenters. The lowest BCUT2D eigenvalue weighted by molar-refractivity contribution is -0.119. The summed E-state index contributed by atoms with van der Waals surface area (Å²) in [6.45, 7) is 0.717. The minimum absolute atomic E-state index is 0.0255. The lowest BCUT2D eigenvalue weighted by atomic mass is 10.2. The Kier molecular flexibility index (Phi) is 0.841. The summed E-state index contributed by atoms with van der Waals surface area (Å²) < 4.78 is 9.78. The molecule has 4 heteroatoms. The van der Waals surface area contributed by atoms with Crippen LogP contribution < -0.4 is 5.73 Å². The van der Waals surface area contributed by atoms with Crippen LogP contribution in [0.25, 0.3) is 0 Å². The summed E-state index contributed by atoms with van der Waals surface area (Å²) in [5.41, 5.74) is 4.93. The summed E-state index contributed by atoms with van der Waals surface area (Å²) in [4.78, 5) is 10.3. The van der Waals surface area contributed by atoms with Gasteiger partial charge in [0.05, 0.1) is 6.61 Å². The average Bonchev–Trinajstić information content (AvgIpc) is 2.60. The van der Waals surface area contributed by atoms with Gasteiger partial charge in [-0.2, -0.15) is 0 Å². The number of rotatable bonds is 2. The number of ether oxygens (including phenoxy) is 2. The Morgan fingerprint density at radius 2 is 2.33 bits per heavy atom. The van der Waals surface area contributed by atoms with Gasteiger partial charge in [0.15, 0.2) is 6.10 Å². The fraction of sp³-hybridized carbons (Fsp3) is 0.800. The number of amides is 1. The molecule has 4 nitrogen and oxygen atoms in total. The Hall–Kier alpha value is -0.610. The van der Waals surface area contributed by atoms with Crippen LogP contribution in [0.4, 0.5) is 0 Å². The second-order valence-corrected chi connectivity index (χ2v) is 2.30. The van der Waals surface area contributed by atoms with Gasteiger partial charge in [0.2, 0.25) is 5.91 Å². The molecule has 2 N–H and O–H groups in total. The maximum absolute atomic E-state index is 10.3. The van der Waals surface area contributed by atoms with Gasteiger partial charge in [0.25, 0.3) is 0 Å². The lowest BCUT2D eigenvalue weighted by Crippen LogP contribution is -2.21. The Morgan fingerprint density at radius 3 is 2.67 bits per heavy atom. The molecule has 0 aromatic rings. The van der Waals surface area contributed by atoms with Crippen LogP contribution in [-0.2, 0) is 14.3 Å². The first kappa shape index (κ1) is 5.20. The predicted molar refractivity (Wildman–Crippen MR) is 27.6 cm³/mol. The topological polar surface area (TPSA) is 68.2 Å². The molecule has 2 heterocycles. The minimum atomic E-state index is -0.379. The van der Waals surface area contributed by atoms with Crippen LogP contribution in [0.2, 0.25) is 0 Å². The van der Waals surface area contributed by atoms with Gasteiger partial charge in [0, 0.05) is 0 Å². The maximum Gasteiger partial charge on any atom is 0.249 e. The smallest absolute Gasteiger partial charge is 0.249 e. The molecule has 0 spiro atoms. The van der Waals surface area contributed by atoms with E-state index < -0.39 is 0 Å². The SMILES string of the molecule is NC(=O)C1OC1C1CO1. The molecular weight excluding hydrogens is 122 g/mol. The highest BCUT2D eigenvalue weighted by atomic mass is 16.7. The zero-order valence-corrected chi connectivity index (χ0v) is 4.74. The van der Waals surface area contributed by atoms with Gasteiger partial charge in [-0.05, 0) is 0 Å². The molecule has 3 atom stereocenters. The molecule has 0 aromatic heterocycles. The number of carbonyl (C=O) groups is 1. The van der Waals surface area contributed by atoms with E-state index in [-0.39, 0.29) is 24.2 Å². The van der Waals surface area contributed by atoms with Gasteiger partial charge < -0.3 is 15.2 Å². The van der Waals surface area contributed by atoms with Crippen LogP contribution in [0.1, 0.15) is 0 Å². The first-order chi connectivity index (χ1) is 4.29. The molecule has 0 saturated carbocycles. The fourth-order valence-corrected chi connectivity index (χ4v) is 0.881. The van der Waals surface area contributed by atoms with Crippen molar-refractivity contribution in [1.82, 2.24) is 0 Å². The molecule has 2 aliphatic heterocycles. The number of hydrogen-bond acceptors (Lipinski definition) is 3. The number of nitrogens with two attached hydrogens (primary N) is 1. The first-order valence-electron chi connectivity index (χ1n) is 2.85. The van der Waals surface area contributed by atoms with E-state index in [1.807, 2.05) is 0 Å². The van der Waals surface area contributed by atoms with E-state index in [0.29, 0.717) is 6.61 Å². The van der Waals surface area contributed by atoms with Crippen molar-refractivity contribution in [1.29, 1.82) is 0 Å². The zero-order chi connectivity index (χ0) is 6.43. The van der Waals surface area contributed by atoms with Gasteiger partial charge in [-0.3, -0.25) is 4.79 Å². The Labute approximate surface area is 51.9 Å². The standard InChI is InChI=1S/C5H7NO3/c6-5(7)4-3(9-4)2-1-8-2/h2-4H,1H2,(H2,6,7). The lowest BCUT2D eigenvalue weighted by Gasteiger charge is -1.79. The monoisotopic (exact) mass is 129 g/mol. The van der Waals surface area contributed by atoms with E-state index in [1.54, 1.807) is 0 Å². The predicted octanol–water partition coefficient (Wildman–Crippen LogP) is -1.36. The number of epoxide rings is 2. The van der Waals surface area contributed by atoms with Crippen LogP contribution in [-0.4, -0.2) is 30.8 Å². The fourth-order valence-electron chi connectivity index (χ4n) is 0.881. The summed E-state index contributed by atoms with van der Waals surface area (Å²) in [5, 5.41) is 0. The van der Waals surface area contributed by atoms with Gasteiger partial charge in [-0.1, -0.05) is 0 Å². The second-order valence-electron chi connectivity index (χ2n) is 2.30. The van der Waals surface area contributed by atoms with Gasteiger partial charge in [-0.25, -0.2) is 0 Å². The molecule has 2 saturated heterocycles. The van der Waals surface area contributed by atoms with Crippen molar-refractivity contribution in [2.45, 2.75) is 18.3 Å². The zero-order valence-electron chi connectivity index (χ0n) is 4.74. The van der Waals surface area contributed by atoms with Crippen molar-refractivity contribution in [3.05, 3.63) is 0 Å². The number of carbonyl (C=O) groups excluding carboxylic acids is 1. The van der Waals surface area contributed by atoms with Crippen molar-refractivity contribution < 1.29 is 14.3 Å². The largest absolute Gasteiger partial charge is 0.370 e. The van der Waals surface area contributed by atoms with Gasteiger partial charge in [0.1, 0.15) is 12.2 Å². The molecule has 0 aromatic carbocycles. The molecule has 0 radical (unpaired) electrons. The number of hydrogen-bond donors (Lipinski definition) is 1. The van der Waals surface area contributed by atoms with E-state index in [0.717, 1.165) is 0 Å². The highest BCUT2D eigenvalue weighted by Crippen LogP contribution is 2.32. The van der Waals surface area contributed by atoms with Crippen molar-refractivity contribution in [2.24, 2.45) is 5.73 Å². The van der Waals surface area contributed by atoms with Crippen LogP contribution in [0, 0.1) is 0 Å². The van der Waals surface area contributed by atoms with Crippen LogP contribution >= 0.6 is 0 Å². The van der Waals surface area contributed by atoms with Crippen molar-refractivity contribution in [3.8, 4) is 0 Å². The quantitative estimate of drug-likeness (QED) is 0.468. The highest BCUT2D eigenvalue weighted by molar-refractivity contribution is 5.82. The van der Waals surface area contributed by atoms with E-state index in [1.165, 1.54) is 0 Å². The molecule has 50 valence electrons. The Bertz CT molecular complexity index is 154. The molecule has 2 rings (SSSR count). The van der Waals surface area contributed by atoms with Crippen LogP contribution in [0.5, 0.6) is 0 Å². The highest BCUT2D eigenvalue weighted by Gasteiger charge is 2.54. The summed E-state index contributed by atoms with van der Waals surface area (Å²) >= 11 is 0. The summed E-state index contributed by atoms with van der Waals surface area (Å²) in [6.07, 6.45) is -0.234. The molecule has 0 bridgehead atoms. The summed E-state index contributed by atoms with van der Waals surface area (Å²) in [7, 11) is 0. The third-order valence-corrected chi connectivity index (χ3v) is 1.53. The molecular formula is C5H7NO3. The van der Waals surface area contributed by atoms with Gasteiger partial charge in [-0.15, -0.1) is 0 Å². The average molecular weight is 129 g/mol. The summed E-state index contributed by atoms with van der Waals surface area (Å²) in [6, 6.07) is 0. The molecule has 9 heavy (non-hydrogen) atoms. The number of primary amides is 1. The van der Waals surface area contributed by atoms with E-state index in [4.69, 9.17) is 15.2 Å². The molecule has 0 aliphatic carbocycles. The molecule has 1 amide bonds. The van der Waals surface area contributed by atoms with Crippen molar-refractivity contribution in [3.63, 3.8) is 0 Å². The summed E-state index contributed by atoms with van der Waals surface area (Å²) in [5.74, 6) is -0.379. The minimum Gasteiger partial charge on any atom is -0.370 e. The Balaban J connectivity index is 1.87. The van der Waals surface area contributed by atoms with Crippen molar-refractivity contribution >= 4 is 5.91 Å². The third kappa shape index (κ3) is 0.799.